The highest BCUT2D eigenvalue weighted by Crippen LogP contribution is 2.11. The highest BCUT2D eigenvalue weighted by Gasteiger charge is 2.03. The minimum absolute atomic E-state index is 0.608. The third-order valence-electron chi connectivity index (χ3n) is 2.22. The molecule has 1 aromatic heterocycles. The van der Waals surface area contributed by atoms with Crippen LogP contribution in [0, 0.1) is 0 Å². The molecule has 0 aliphatic carbocycles. The smallest absolute Gasteiger partial charge is 0.0594 e. The van der Waals surface area contributed by atoms with Crippen LogP contribution in [0.1, 0.15) is 11.8 Å². The predicted octanol–water partition coefficient (Wildman–Crippen LogP) is 1.55. The number of hydrogen-bond donors (Lipinski definition) is 1. The van der Waals surface area contributed by atoms with E-state index >= 15 is 0 Å². The summed E-state index contributed by atoms with van der Waals surface area (Å²) in [5.74, 6) is 0. The van der Waals surface area contributed by atoms with Gasteiger partial charge in [0.05, 0.1) is 13.2 Å². The van der Waals surface area contributed by atoms with Gasteiger partial charge in [0, 0.05) is 24.5 Å². The molecule has 0 aliphatic heterocycles. The average Bonchev–Trinajstić information content (AvgIpc) is 2.75. The lowest BCUT2D eigenvalue weighted by Crippen LogP contribution is -2.27. The van der Waals surface area contributed by atoms with E-state index in [1.54, 1.807) is 0 Å². The maximum atomic E-state index is 5.37. The second kappa shape index (κ2) is 7.82. The number of hydrogen-bond acceptors (Lipinski definition) is 4. The summed E-state index contributed by atoms with van der Waals surface area (Å²) in [6.45, 7) is 7.29. The molecule has 15 heavy (non-hydrogen) atoms. The van der Waals surface area contributed by atoms with Crippen LogP contribution >= 0.6 is 11.3 Å². The summed E-state index contributed by atoms with van der Waals surface area (Å²) in [5.41, 5.74) is 5.35. The number of nitrogens with two attached hydrogens (primary N) is 1. The summed E-state index contributed by atoms with van der Waals surface area (Å²) in [5, 5.41) is 2.12. The van der Waals surface area contributed by atoms with E-state index in [-0.39, 0.29) is 0 Å². The Kier molecular flexibility index (Phi) is 6.59. The van der Waals surface area contributed by atoms with Gasteiger partial charge in [-0.2, -0.15) is 0 Å². The van der Waals surface area contributed by atoms with Crippen molar-refractivity contribution in [2.45, 2.75) is 13.5 Å². The molecular formula is C11H20N2OS. The molecule has 0 amide bonds. The topological polar surface area (TPSA) is 38.5 Å². The summed E-state index contributed by atoms with van der Waals surface area (Å²) in [4.78, 5) is 3.79. The highest BCUT2D eigenvalue weighted by atomic mass is 32.1. The Morgan fingerprint density at radius 2 is 2.33 bits per heavy atom. The molecular weight excluding hydrogens is 208 g/mol. The van der Waals surface area contributed by atoms with Crippen molar-refractivity contribution in [3.8, 4) is 0 Å². The Bertz CT molecular complexity index is 239. The van der Waals surface area contributed by atoms with E-state index in [9.17, 15) is 0 Å². The van der Waals surface area contributed by atoms with Crippen LogP contribution in [0.15, 0.2) is 17.5 Å². The third kappa shape index (κ3) is 5.28. The zero-order valence-corrected chi connectivity index (χ0v) is 10.1. The first-order valence-electron chi connectivity index (χ1n) is 5.39. The fraction of sp³-hybridized carbons (Fsp3) is 0.636. The molecule has 0 atom stereocenters. The predicted molar refractivity (Wildman–Crippen MR) is 65.1 cm³/mol. The Morgan fingerprint density at radius 3 is 2.93 bits per heavy atom. The Morgan fingerprint density at radius 1 is 1.47 bits per heavy atom. The van der Waals surface area contributed by atoms with E-state index in [2.05, 4.69) is 29.3 Å². The molecule has 0 spiro atoms. The van der Waals surface area contributed by atoms with E-state index in [4.69, 9.17) is 10.5 Å². The van der Waals surface area contributed by atoms with Crippen LogP contribution in [0.3, 0.4) is 0 Å². The summed E-state index contributed by atoms with van der Waals surface area (Å²) in [6.07, 6.45) is 0. The molecule has 0 radical (unpaired) electrons. The van der Waals surface area contributed by atoms with Crippen LogP contribution in [-0.4, -0.2) is 37.7 Å². The summed E-state index contributed by atoms with van der Waals surface area (Å²) in [7, 11) is 0. The van der Waals surface area contributed by atoms with Crippen molar-refractivity contribution in [3.63, 3.8) is 0 Å². The number of nitrogens with zero attached hydrogens (tertiary/aromatic N) is 1. The van der Waals surface area contributed by atoms with E-state index in [1.165, 1.54) is 4.88 Å². The summed E-state index contributed by atoms with van der Waals surface area (Å²) < 4.78 is 5.37. The van der Waals surface area contributed by atoms with Gasteiger partial charge in [-0.15, -0.1) is 11.3 Å². The first-order chi connectivity index (χ1) is 7.36. The maximum Gasteiger partial charge on any atom is 0.0594 e. The maximum absolute atomic E-state index is 5.37. The second-order valence-corrected chi connectivity index (χ2v) is 4.38. The Labute approximate surface area is 95.8 Å². The van der Waals surface area contributed by atoms with E-state index < -0.39 is 0 Å². The van der Waals surface area contributed by atoms with Gasteiger partial charge in [-0.05, 0) is 18.0 Å². The van der Waals surface area contributed by atoms with Crippen molar-refractivity contribution >= 4 is 11.3 Å². The third-order valence-corrected chi connectivity index (χ3v) is 3.08. The molecule has 1 aromatic rings. The Hall–Kier alpha value is -0.420. The van der Waals surface area contributed by atoms with Crippen molar-refractivity contribution in [3.05, 3.63) is 22.4 Å². The van der Waals surface area contributed by atoms with E-state index in [0.29, 0.717) is 13.2 Å². The lowest BCUT2D eigenvalue weighted by atomic mass is 10.4. The van der Waals surface area contributed by atoms with Crippen LogP contribution in [0.5, 0.6) is 0 Å². The summed E-state index contributed by atoms with van der Waals surface area (Å²) >= 11 is 1.81. The van der Waals surface area contributed by atoms with Crippen molar-refractivity contribution in [2.24, 2.45) is 5.73 Å². The number of rotatable bonds is 8. The zero-order chi connectivity index (χ0) is 10.9. The van der Waals surface area contributed by atoms with Crippen molar-refractivity contribution in [1.29, 1.82) is 0 Å². The molecule has 86 valence electrons. The van der Waals surface area contributed by atoms with Crippen LogP contribution < -0.4 is 5.73 Å². The largest absolute Gasteiger partial charge is 0.379 e. The molecule has 0 aliphatic rings. The first-order valence-corrected chi connectivity index (χ1v) is 6.27. The number of likely N-dealkylation sites (N-methyl/N-ethyl adjacent to an activating group) is 1. The minimum atomic E-state index is 0.608. The molecule has 1 heterocycles. The number of thiophene rings is 1. The average molecular weight is 228 g/mol. The first kappa shape index (κ1) is 12.6. The lowest BCUT2D eigenvalue weighted by Gasteiger charge is -2.19. The molecule has 1 rings (SSSR count). The molecule has 0 fully saturated rings. The van der Waals surface area contributed by atoms with Gasteiger partial charge in [0.25, 0.3) is 0 Å². The van der Waals surface area contributed by atoms with Gasteiger partial charge < -0.3 is 10.5 Å². The van der Waals surface area contributed by atoms with E-state index in [1.807, 2.05) is 11.3 Å². The molecule has 4 heteroatoms. The van der Waals surface area contributed by atoms with Crippen molar-refractivity contribution in [2.75, 3.05) is 32.8 Å². The fourth-order valence-electron chi connectivity index (χ4n) is 1.35. The molecule has 0 bridgehead atoms. The molecule has 3 nitrogen and oxygen atoms in total. The van der Waals surface area contributed by atoms with Gasteiger partial charge in [0.15, 0.2) is 0 Å². The van der Waals surface area contributed by atoms with Gasteiger partial charge in [-0.3, -0.25) is 4.90 Å². The van der Waals surface area contributed by atoms with Crippen LogP contribution in [0.4, 0.5) is 0 Å². The standard InChI is InChI=1S/C11H20N2OS/c1-2-13(6-8-14-7-5-12)10-11-4-3-9-15-11/h3-4,9H,2,5-8,10,12H2,1H3. The van der Waals surface area contributed by atoms with Gasteiger partial charge in [0.1, 0.15) is 0 Å². The SMILES string of the molecule is CCN(CCOCCN)Cc1cccs1. The molecule has 0 aromatic carbocycles. The van der Waals surface area contributed by atoms with Crippen LogP contribution in [-0.2, 0) is 11.3 Å². The molecule has 0 saturated heterocycles. The lowest BCUT2D eigenvalue weighted by molar-refractivity contribution is 0.109. The normalized spacial score (nSPS) is 11.1. The molecule has 2 N–H and O–H groups in total. The quantitative estimate of drug-likeness (QED) is 0.686. The molecule has 0 saturated carbocycles. The Balaban J connectivity index is 2.18. The van der Waals surface area contributed by atoms with Crippen molar-refractivity contribution < 1.29 is 4.74 Å². The van der Waals surface area contributed by atoms with Gasteiger partial charge in [0.2, 0.25) is 0 Å². The van der Waals surface area contributed by atoms with Gasteiger partial charge >= 0.3 is 0 Å². The minimum Gasteiger partial charge on any atom is -0.379 e. The van der Waals surface area contributed by atoms with E-state index in [0.717, 1.165) is 26.2 Å². The highest BCUT2D eigenvalue weighted by molar-refractivity contribution is 7.09. The van der Waals surface area contributed by atoms with Crippen molar-refractivity contribution in [1.82, 2.24) is 4.90 Å². The van der Waals surface area contributed by atoms with Crippen LogP contribution in [0.2, 0.25) is 0 Å². The van der Waals surface area contributed by atoms with Gasteiger partial charge in [-0.1, -0.05) is 13.0 Å². The van der Waals surface area contributed by atoms with Gasteiger partial charge in [-0.25, -0.2) is 0 Å². The molecule has 0 unspecified atom stereocenters. The second-order valence-electron chi connectivity index (χ2n) is 3.35. The number of ether oxygens (including phenoxy) is 1. The monoisotopic (exact) mass is 228 g/mol. The fourth-order valence-corrected chi connectivity index (χ4v) is 2.10. The zero-order valence-electron chi connectivity index (χ0n) is 9.32. The summed E-state index contributed by atoms with van der Waals surface area (Å²) in [6, 6.07) is 4.27. The van der Waals surface area contributed by atoms with Crippen LogP contribution in [0.25, 0.3) is 0 Å².